The summed E-state index contributed by atoms with van der Waals surface area (Å²) in [6.45, 7) is -0.532. The first-order valence-electron chi connectivity index (χ1n) is 6.99. The van der Waals surface area contributed by atoms with Crippen molar-refractivity contribution in [2.75, 3.05) is 26.1 Å². The molecule has 0 saturated heterocycles. The van der Waals surface area contributed by atoms with Gasteiger partial charge < -0.3 is 29.4 Å². The van der Waals surface area contributed by atoms with E-state index < -0.39 is 12.6 Å². The first-order chi connectivity index (χ1) is 11.5. The van der Waals surface area contributed by atoms with E-state index in [1.165, 1.54) is 14.2 Å². The fourth-order valence-corrected chi connectivity index (χ4v) is 1.92. The van der Waals surface area contributed by atoms with Crippen LogP contribution in [0.25, 0.3) is 0 Å². The second-order valence-corrected chi connectivity index (χ2v) is 4.74. The number of carboxylic acid groups (broad SMARTS) is 1. The van der Waals surface area contributed by atoms with Crippen LogP contribution < -0.4 is 24.6 Å². The molecule has 2 aromatic rings. The van der Waals surface area contributed by atoms with Gasteiger partial charge in [0.25, 0.3) is 5.91 Å². The maximum absolute atomic E-state index is 12.3. The molecule has 2 rings (SSSR count). The molecule has 1 amide bonds. The van der Waals surface area contributed by atoms with E-state index in [0.29, 0.717) is 28.5 Å². The summed E-state index contributed by atoms with van der Waals surface area (Å²) in [6.07, 6.45) is 0. The number of carbonyl (C=O) groups excluding carboxylic acids is 2. The van der Waals surface area contributed by atoms with Crippen molar-refractivity contribution in [1.29, 1.82) is 0 Å². The lowest BCUT2D eigenvalue weighted by molar-refractivity contribution is -0.307. The third-order valence-corrected chi connectivity index (χ3v) is 3.08. The van der Waals surface area contributed by atoms with E-state index in [-0.39, 0.29) is 5.91 Å². The fraction of sp³-hybridized carbons (Fsp3) is 0.176. The molecule has 24 heavy (non-hydrogen) atoms. The summed E-state index contributed by atoms with van der Waals surface area (Å²) in [5.41, 5.74) is 0.908. The van der Waals surface area contributed by atoms with Crippen LogP contribution in [0.5, 0.6) is 17.2 Å². The van der Waals surface area contributed by atoms with Crippen LogP contribution in [0.1, 0.15) is 10.4 Å². The molecule has 0 fully saturated rings. The average Bonchev–Trinajstić information content (AvgIpc) is 2.60. The quantitative estimate of drug-likeness (QED) is 0.816. The average molecular weight is 330 g/mol. The Hall–Kier alpha value is -3.22. The molecule has 1 N–H and O–H groups in total. The van der Waals surface area contributed by atoms with Gasteiger partial charge in [0.1, 0.15) is 23.9 Å². The van der Waals surface area contributed by atoms with E-state index in [0.717, 1.165) is 0 Å². The van der Waals surface area contributed by atoms with Gasteiger partial charge in [0.05, 0.1) is 20.2 Å². The fourth-order valence-electron chi connectivity index (χ4n) is 1.92. The van der Waals surface area contributed by atoms with Gasteiger partial charge in [0.15, 0.2) is 0 Å². The molecule has 0 aliphatic rings. The number of methoxy groups -OCH3 is 2. The van der Waals surface area contributed by atoms with Gasteiger partial charge in [-0.3, -0.25) is 4.79 Å². The number of carbonyl (C=O) groups is 2. The van der Waals surface area contributed by atoms with Gasteiger partial charge in [-0.05, 0) is 36.4 Å². The van der Waals surface area contributed by atoms with Crippen LogP contribution in [0, 0.1) is 0 Å². The highest BCUT2D eigenvalue weighted by Gasteiger charge is 2.10. The molecule has 0 bridgehead atoms. The molecule has 0 unspecified atom stereocenters. The Bertz CT molecular complexity index is 704. The number of hydrogen-bond acceptors (Lipinski definition) is 6. The van der Waals surface area contributed by atoms with Crippen molar-refractivity contribution < 1.29 is 28.9 Å². The molecular formula is C17H16NO6-. The van der Waals surface area contributed by atoms with Crippen LogP contribution in [0.3, 0.4) is 0 Å². The molecule has 0 aromatic heterocycles. The van der Waals surface area contributed by atoms with Gasteiger partial charge in [0.2, 0.25) is 0 Å². The molecule has 0 atom stereocenters. The van der Waals surface area contributed by atoms with Crippen molar-refractivity contribution in [2.24, 2.45) is 0 Å². The molecule has 2 aromatic carbocycles. The molecule has 0 spiro atoms. The monoisotopic (exact) mass is 330 g/mol. The normalized spacial score (nSPS) is 9.92. The Morgan fingerprint density at radius 2 is 1.54 bits per heavy atom. The first kappa shape index (κ1) is 17.1. The maximum Gasteiger partial charge on any atom is 0.255 e. The molecule has 0 aliphatic carbocycles. The minimum Gasteiger partial charge on any atom is -0.546 e. The minimum absolute atomic E-state index is 0.337. The number of anilines is 1. The number of aliphatic carboxylic acids is 1. The Labute approximate surface area is 138 Å². The minimum atomic E-state index is -1.31. The number of nitrogens with one attached hydrogen (secondary N) is 1. The van der Waals surface area contributed by atoms with Crippen LogP contribution in [-0.2, 0) is 4.79 Å². The molecule has 0 radical (unpaired) electrons. The molecule has 0 heterocycles. The summed E-state index contributed by atoms with van der Waals surface area (Å²) in [5, 5.41) is 13.1. The SMILES string of the molecule is COc1cc(OC)cc(C(=O)Nc2ccc(OCC(=O)[O-])cc2)c1. The third-order valence-electron chi connectivity index (χ3n) is 3.08. The first-order valence-corrected chi connectivity index (χ1v) is 6.99. The summed E-state index contributed by atoms with van der Waals surface area (Å²) in [7, 11) is 3.00. The smallest absolute Gasteiger partial charge is 0.255 e. The van der Waals surface area contributed by atoms with E-state index in [2.05, 4.69) is 5.32 Å². The van der Waals surface area contributed by atoms with Gasteiger partial charge in [-0.2, -0.15) is 0 Å². The van der Waals surface area contributed by atoms with E-state index >= 15 is 0 Å². The number of carboxylic acids is 1. The maximum atomic E-state index is 12.3. The van der Waals surface area contributed by atoms with Crippen LogP contribution in [0.4, 0.5) is 5.69 Å². The number of rotatable bonds is 7. The highest BCUT2D eigenvalue weighted by atomic mass is 16.5. The largest absolute Gasteiger partial charge is 0.546 e. The topological polar surface area (TPSA) is 96.9 Å². The van der Waals surface area contributed by atoms with Gasteiger partial charge >= 0.3 is 0 Å². The van der Waals surface area contributed by atoms with E-state index in [9.17, 15) is 14.7 Å². The predicted octanol–water partition coefficient (Wildman–Crippen LogP) is 1.08. The molecular weight excluding hydrogens is 314 g/mol. The highest BCUT2D eigenvalue weighted by Crippen LogP contribution is 2.23. The molecule has 126 valence electrons. The highest BCUT2D eigenvalue weighted by molar-refractivity contribution is 6.04. The molecule has 0 saturated carbocycles. The van der Waals surface area contributed by atoms with Crippen molar-refractivity contribution in [3.05, 3.63) is 48.0 Å². The second kappa shape index (κ2) is 7.87. The summed E-state index contributed by atoms with van der Waals surface area (Å²) >= 11 is 0. The van der Waals surface area contributed by atoms with Crippen molar-refractivity contribution in [3.8, 4) is 17.2 Å². The Balaban J connectivity index is 2.07. The zero-order valence-corrected chi connectivity index (χ0v) is 13.2. The molecule has 7 heteroatoms. The van der Waals surface area contributed by atoms with Gasteiger partial charge in [-0.25, -0.2) is 0 Å². The summed E-state index contributed by atoms with van der Waals surface area (Å²) in [6, 6.07) is 11.1. The Morgan fingerprint density at radius 3 is 2.04 bits per heavy atom. The predicted molar refractivity (Wildman–Crippen MR) is 84.4 cm³/mol. The lowest BCUT2D eigenvalue weighted by atomic mass is 10.1. The second-order valence-electron chi connectivity index (χ2n) is 4.74. The summed E-state index contributed by atoms with van der Waals surface area (Å²) in [5.74, 6) is -0.272. The van der Waals surface area contributed by atoms with E-state index in [1.807, 2.05) is 0 Å². The van der Waals surface area contributed by atoms with Gasteiger partial charge in [0, 0.05) is 17.3 Å². The Kier molecular flexibility index (Phi) is 5.62. The number of benzene rings is 2. The van der Waals surface area contributed by atoms with Crippen molar-refractivity contribution in [1.82, 2.24) is 0 Å². The van der Waals surface area contributed by atoms with Gasteiger partial charge in [-0.1, -0.05) is 0 Å². The van der Waals surface area contributed by atoms with Crippen LogP contribution in [0.2, 0.25) is 0 Å². The standard InChI is InChI=1S/C17H17NO6/c1-22-14-7-11(8-15(9-14)23-2)17(21)18-12-3-5-13(6-4-12)24-10-16(19)20/h3-9H,10H2,1-2H3,(H,18,21)(H,19,20)/p-1. The Morgan fingerprint density at radius 1 is 0.958 bits per heavy atom. The van der Waals surface area contributed by atoms with E-state index in [1.54, 1.807) is 42.5 Å². The summed E-state index contributed by atoms with van der Waals surface area (Å²) < 4.78 is 15.2. The summed E-state index contributed by atoms with van der Waals surface area (Å²) in [4.78, 5) is 22.6. The lowest BCUT2D eigenvalue weighted by Crippen LogP contribution is -2.28. The van der Waals surface area contributed by atoms with E-state index in [4.69, 9.17) is 14.2 Å². The van der Waals surface area contributed by atoms with Crippen molar-refractivity contribution in [2.45, 2.75) is 0 Å². The van der Waals surface area contributed by atoms with Crippen molar-refractivity contribution in [3.63, 3.8) is 0 Å². The van der Waals surface area contributed by atoms with Crippen LogP contribution >= 0.6 is 0 Å². The number of amides is 1. The zero-order chi connectivity index (χ0) is 17.5. The lowest BCUT2D eigenvalue weighted by Gasteiger charge is -2.10. The van der Waals surface area contributed by atoms with Crippen LogP contribution in [-0.4, -0.2) is 32.7 Å². The molecule has 0 aliphatic heterocycles. The zero-order valence-electron chi connectivity index (χ0n) is 13.2. The van der Waals surface area contributed by atoms with Crippen molar-refractivity contribution >= 4 is 17.6 Å². The van der Waals surface area contributed by atoms with Crippen LogP contribution in [0.15, 0.2) is 42.5 Å². The molecule has 7 nitrogen and oxygen atoms in total. The number of hydrogen-bond donors (Lipinski definition) is 1. The number of ether oxygens (including phenoxy) is 3. The van der Waals surface area contributed by atoms with Gasteiger partial charge in [-0.15, -0.1) is 0 Å². The third kappa shape index (κ3) is 4.64.